The zero-order chi connectivity index (χ0) is 12.5. The standard InChI is InChI=1S/C13H16BrClO/c1-8-7-9(13(2,3)4)5-6-10(8)11(16)12(14)15/h5-7,12H,1-4H3. The molecule has 0 aliphatic carbocycles. The third-order valence-corrected chi connectivity index (χ3v) is 3.17. The van der Waals surface area contributed by atoms with E-state index in [9.17, 15) is 4.79 Å². The van der Waals surface area contributed by atoms with Crippen LogP contribution in [0, 0.1) is 6.92 Å². The SMILES string of the molecule is Cc1cc(C(C)(C)C)ccc1C(=O)C(Cl)Br. The van der Waals surface area contributed by atoms with E-state index in [1.807, 2.05) is 19.1 Å². The van der Waals surface area contributed by atoms with Crippen LogP contribution >= 0.6 is 27.5 Å². The maximum Gasteiger partial charge on any atom is 0.191 e. The summed E-state index contributed by atoms with van der Waals surface area (Å²) in [6.07, 6.45) is 0. The second-order valence-corrected chi connectivity index (χ2v) is 6.82. The first kappa shape index (κ1) is 13.7. The summed E-state index contributed by atoms with van der Waals surface area (Å²) in [6, 6.07) is 5.90. The number of aryl methyl sites for hydroxylation is 1. The molecule has 88 valence electrons. The molecule has 0 fully saturated rings. The third kappa shape index (κ3) is 3.08. The predicted molar refractivity (Wildman–Crippen MR) is 72.8 cm³/mol. The maximum atomic E-state index is 11.7. The van der Waals surface area contributed by atoms with Crippen LogP contribution in [0.1, 0.15) is 42.3 Å². The second kappa shape index (κ2) is 4.89. The minimum atomic E-state index is -0.647. The number of hydrogen-bond donors (Lipinski definition) is 0. The fourth-order valence-electron chi connectivity index (χ4n) is 1.52. The Bertz CT molecular complexity index is 405. The van der Waals surface area contributed by atoms with Crippen molar-refractivity contribution in [3.8, 4) is 0 Å². The first-order valence-corrected chi connectivity index (χ1v) is 6.52. The fourth-order valence-corrected chi connectivity index (χ4v) is 1.89. The van der Waals surface area contributed by atoms with Crippen molar-refractivity contribution >= 4 is 33.3 Å². The van der Waals surface area contributed by atoms with Crippen LogP contribution in [0.5, 0.6) is 0 Å². The number of halogens is 2. The van der Waals surface area contributed by atoms with Gasteiger partial charge in [0.15, 0.2) is 10.1 Å². The lowest BCUT2D eigenvalue weighted by Crippen LogP contribution is -2.14. The van der Waals surface area contributed by atoms with E-state index in [4.69, 9.17) is 11.6 Å². The van der Waals surface area contributed by atoms with E-state index in [2.05, 4.69) is 42.8 Å². The average molecular weight is 304 g/mol. The largest absolute Gasteiger partial charge is 0.292 e. The van der Waals surface area contributed by atoms with E-state index in [0.717, 1.165) is 5.56 Å². The highest BCUT2D eigenvalue weighted by Gasteiger charge is 2.19. The summed E-state index contributed by atoms with van der Waals surface area (Å²) in [5, 5.41) is 0. The van der Waals surface area contributed by atoms with Gasteiger partial charge in [0.25, 0.3) is 0 Å². The molecule has 0 saturated carbocycles. The molecule has 1 rings (SSSR count). The van der Waals surface area contributed by atoms with Crippen LogP contribution in [-0.2, 0) is 5.41 Å². The zero-order valence-electron chi connectivity index (χ0n) is 9.97. The Morgan fingerprint density at radius 3 is 2.31 bits per heavy atom. The van der Waals surface area contributed by atoms with E-state index in [0.29, 0.717) is 5.56 Å². The van der Waals surface area contributed by atoms with Crippen molar-refractivity contribution in [2.75, 3.05) is 0 Å². The highest BCUT2D eigenvalue weighted by molar-refractivity contribution is 9.10. The Labute approximate surface area is 110 Å². The Morgan fingerprint density at radius 2 is 1.94 bits per heavy atom. The Morgan fingerprint density at radius 1 is 1.38 bits per heavy atom. The number of alkyl halides is 2. The first-order valence-electron chi connectivity index (χ1n) is 5.17. The fraction of sp³-hybridized carbons (Fsp3) is 0.462. The van der Waals surface area contributed by atoms with Gasteiger partial charge >= 0.3 is 0 Å². The van der Waals surface area contributed by atoms with Gasteiger partial charge in [-0.1, -0.05) is 54.9 Å². The molecule has 1 aromatic carbocycles. The van der Waals surface area contributed by atoms with Gasteiger partial charge in [0.2, 0.25) is 0 Å². The summed E-state index contributed by atoms with van der Waals surface area (Å²) < 4.78 is -0.647. The van der Waals surface area contributed by atoms with E-state index in [1.165, 1.54) is 5.56 Å². The van der Waals surface area contributed by atoms with Gasteiger partial charge in [-0.25, -0.2) is 0 Å². The highest BCUT2D eigenvalue weighted by Crippen LogP contribution is 2.25. The van der Waals surface area contributed by atoms with Crippen LogP contribution in [0.25, 0.3) is 0 Å². The number of hydrogen-bond acceptors (Lipinski definition) is 1. The van der Waals surface area contributed by atoms with Gasteiger partial charge in [0.05, 0.1) is 0 Å². The summed E-state index contributed by atoms with van der Waals surface area (Å²) in [5.41, 5.74) is 2.98. The van der Waals surface area contributed by atoms with Gasteiger partial charge in [0, 0.05) is 5.56 Å². The summed E-state index contributed by atoms with van der Waals surface area (Å²) >= 11 is 8.82. The number of benzene rings is 1. The number of Topliss-reactive ketones (excluding diaryl/α,β-unsaturated/α-hetero) is 1. The quantitative estimate of drug-likeness (QED) is 0.583. The number of carbonyl (C=O) groups is 1. The monoisotopic (exact) mass is 302 g/mol. The minimum absolute atomic E-state index is 0.0837. The van der Waals surface area contributed by atoms with Crippen molar-refractivity contribution < 1.29 is 4.79 Å². The van der Waals surface area contributed by atoms with Gasteiger partial charge in [-0.3, -0.25) is 4.79 Å². The first-order chi connectivity index (χ1) is 7.23. The molecule has 1 nitrogen and oxygen atoms in total. The predicted octanol–water partition coefficient (Wildman–Crippen LogP) is 4.44. The second-order valence-electron chi connectivity index (χ2n) is 4.94. The number of rotatable bonds is 2. The molecule has 0 aliphatic heterocycles. The van der Waals surface area contributed by atoms with Crippen LogP contribution in [0.15, 0.2) is 18.2 Å². The topological polar surface area (TPSA) is 17.1 Å². The van der Waals surface area contributed by atoms with Crippen LogP contribution in [0.3, 0.4) is 0 Å². The Balaban J connectivity index is 3.15. The van der Waals surface area contributed by atoms with Crippen LogP contribution in [-0.4, -0.2) is 10.1 Å². The van der Waals surface area contributed by atoms with E-state index in [1.54, 1.807) is 0 Å². The molecule has 0 spiro atoms. The minimum Gasteiger partial charge on any atom is -0.292 e. The van der Waals surface area contributed by atoms with Gasteiger partial charge in [-0.15, -0.1) is 11.6 Å². The lowest BCUT2D eigenvalue weighted by molar-refractivity contribution is 0.101. The van der Waals surface area contributed by atoms with Crippen molar-refractivity contribution in [3.05, 3.63) is 34.9 Å². The molecule has 0 bridgehead atoms. The van der Waals surface area contributed by atoms with Gasteiger partial charge < -0.3 is 0 Å². The normalized spacial score (nSPS) is 13.6. The van der Waals surface area contributed by atoms with E-state index >= 15 is 0 Å². The summed E-state index contributed by atoms with van der Waals surface area (Å²) in [4.78, 5) is 11.7. The lowest BCUT2D eigenvalue weighted by atomic mass is 9.85. The molecule has 0 aliphatic rings. The molecule has 0 heterocycles. The molecule has 1 unspecified atom stereocenters. The van der Waals surface area contributed by atoms with E-state index < -0.39 is 4.29 Å². The Kier molecular flexibility index (Phi) is 4.19. The van der Waals surface area contributed by atoms with E-state index in [-0.39, 0.29) is 11.2 Å². The average Bonchev–Trinajstić information content (AvgIpc) is 2.15. The van der Waals surface area contributed by atoms with Crippen LogP contribution < -0.4 is 0 Å². The lowest BCUT2D eigenvalue weighted by Gasteiger charge is -2.20. The van der Waals surface area contributed by atoms with Crippen molar-refractivity contribution in [3.63, 3.8) is 0 Å². The molecular formula is C13H16BrClO. The molecule has 1 aromatic rings. The summed E-state index contributed by atoms with van der Waals surface area (Å²) in [7, 11) is 0. The van der Waals surface area contributed by atoms with Gasteiger partial charge in [-0.2, -0.15) is 0 Å². The van der Waals surface area contributed by atoms with Gasteiger partial charge in [-0.05, 0) is 23.5 Å². The molecule has 0 amide bonds. The van der Waals surface area contributed by atoms with Gasteiger partial charge in [0.1, 0.15) is 0 Å². The zero-order valence-corrected chi connectivity index (χ0v) is 12.3. The van der Waals surface area contributed by atoms with Crippen molar-refractivity contribution in [1.29, 1.82) is 0 Å². The number of carbonyl (C=O) groups excluding carboxylic acids is 1. The molecule has 1 atom stereocenters. The van der Waals surface area contributed by atoms with Crippen molar-refractivity contribution in [2.24, 2.45) is 0 Å². The third-order valence-electron chi connectivity index (χ3n) is 2.56. The van der Waals surface area contributed by atoms with Crippen LogP contribution in [0.2, 0.25) is 0 Å². The molecule has 16 heavy (non-hydrogen) atoms. The number of ketones is 1. The Hall–Kier alpha value is -0.340. The molecule has 0 saturated heterocycles. The molecule has 0 aromatic heterocycles. The highest BCUT2D eigenvalue weighted by atomic mass is 79.9. The molecule has 0 N–H and O–H groups in total. The van der Waals surface area contributed by atoms with Crippen molar-refractivity contribution in [1.82, 2.24) is 0 Å². The van der Waals surface area contributed by atoms with Crippen LogP contribution in [0.4, 0.5) is 0 Å². The molecular weight excluding hydrogens is 287 g/mol. The molecule has 0 radical (unpaired) electrons. The maximum absolute atomic E-state index is 11.7. The smallest absolute Gasteiger partial charge is 0.191 e. The van der Waals surface area contributed by atoms with Crippen molar-refractivity contribution in [2.45, 2.75) is 37.4 Å². The summed E-state index contributed by atoms with van der Waals surface area (Å²) in [6.45, 7) is 8.39. The molecule has 3 heteroatoms. The summed E-state index contributed by atoms with van der Waals surface area (Å²) in [5.74, 6) is -0.0837.